The van der Waals surface area contributed by atoms with E-state index in [1.165, 1.54) is 12.4 Å². The van der Waals surface area contributed by atoms with Crippen LogP contribution in [-0.4, -0.2) is 28.4 Å². The molecule has 2 heterocycles. The summed E-state index contributed by atoms with van der Waals surface area (Å²) in [6.07, 6.45) is 2.59. The molecule has 0 aliphatic heterocycles. The highest BCUT2D eigenvalue weighted by Gasteiger charge is 2.18. The van der Waals surface area contributed by atoms with E-state index in [9.17, 15) is 8.42 Å². The molecule has 0 radical (unpaired) electrons. The lowest BCUT2D eigenvalue weighted by molar-refractivity contribution is 0.601. The Morgan fingerprint density at radius 3 is 2.64 bits per heavy atom. The van der Waals surface area contributed by atoms with Crippen molar-refractivity contribution in [3.05, 3.63) is 54.1 Å². The van der Waals surface area contributed by atoms with E-state index in [-0.39, 0.29) is 4.90 Å². The van der Waals surface area contributed by atoms with Crippen molar-refractivity contribution >= 4 is 15.7 Å². The summed E-state index contributed by atoms with van der Waals surface area (Å²) in [7, 11) is -3.69. The molecule has 0 aliphatic carbocycles. The van der Waals surface area contributed by atoms with Gasteiger partial charge < -0.3 is 0 Å². The number of aryl methyl sites for hydroxylation is 2. The van der Waals surface area contributed by atoms with Crippen LogP contribution in [0.15, 0.2) is 47.6 Å². The van der Waals surface area contributed by atoms with Gasteiger partial charge in [0.15, 0.2) is 0 Å². The van der Waals surface area contributed by atoms with Crippen LogP contribution in [0.4, 0.5) is 5.69 Å². The predicted octanol–water partition coefficient (Wildman–Crippen LogP) is 2.01. The molecule has 0 fully saturated rings. The van der Waals surface area contributed by atoms with Gasteiger partial charge >= 0.3 is 0 Å². The van der Waals surface area contributed by atoms with Crippen molar-refractivity contribution in [1.82, 2.24) is 20.0 Å². The van der Waals surface area contributed by atoms with E-state index in [0.717, 1.165) is 11.4 Å². The SMILES string of the molecule is Cc1cc(C)n(-c2ccccc2NS(=O)(=O)c2cn[nH]c2)n1. The number of sulfonamides is 1. The summed E-state index contributed by atoms with van der Waals surface area (Å²) in [6, 6.07) is 9.04. The third kappa shape index (κ3) is 2.60. The maximum absolute atomic E-state index is 12.3. The van der Waals surface area contributed by atoms with Crippen LogP contribution in [0.2, 0.25) is 0 Å². The molecule has 22 heavy (non-hydrogen) atoms. The molecule has 0 atom stereocenters. The standard InChI is InChI=1S/C14H15N5O2S/c1-10-7-11(2)19(17-10)14-6-4-3-5-13(14)18-22(20,21)12-8-15-16-9-12/h3-9,18H,1-2H3,(H,15,16). The lowest BCUT2D eigenvalue weighted by Gasteiger charge is -2.12. The second-order valence-corrected chi connectivity index (χ2v) is 6.58. The van der Waals surface area contributed by atoms with Crippen LogP contribution >= 0.6 is 0 Å². The van der Waals surface area contributed by atoms with Crippen molar-refractivity contribution in [3.63, 3.8) is 0 Å². The molecule has 0 spiro atoms. The van der Waals surface area contributed by atoms with Crippen molar-refractivity contribution in [2.45, 2.75) is 18.7 Å². The maximum atomic E-state index is 12.3. The number of benzene rings is 1. The lowest BCUT2D eigenvalue weighted by Crippen LogP contribution is -2.14. The normalized spacial score (nSPS) is 11.5. The molecule has 2 N–H and O–H groups in total. The molecule has 0 saturated carbocycles. The Balaban J connectivity index is 2.05. The second-order valence-electron chi connectivity index (χ2n) is 4.90. The van der Waals surface area contributed by atoms with Gasteiger partial charge in [-0.3, -0.25) is 9.82 Å². The molecule has 8 heteroatoms. The van der Waals surface area contributed by atoms with Crippen molar-refractivity contribution in [3.8, 4) is 5.69 Å². The molecule has 0 amide bonds. The summed E-state index contributed by atoms with van der Waals surface area (Å²) in [6.45, 7) is 3.81. The molecule has 3 aromatic rings. The number of hydrogen-bond acceptors (Lipinski definition) is 4. The zero-order valence-electron chi connectivity index (χ0n) is 12.1. The van der Waals surface area contributed by atoms with E-state index in [0.29, 0.717) is 11.4 Å². The molecule has 3 rings (SSSR count). The molecule has 7 nitrogen and oxygen atoms in total. The number of rotatable bonds is 4. The van der Waals surface area contributed by atoms with Gasteiger partial charge in [0, 0.05) is 11.9 Å². The number of hydrogen-bond donors (Lipinski definition) is 2. The molecular formula is C14H15N5O2S. The average Bonchev–Trinajstić information content (AvgIpc) is 3.09. The Morgan fingerprint density at radius 1 is 1.23 bits per heavy atom. The highest BCUT2D eigenvalue weighted by Crippen LogP contribution is 2.24. The average molecular weight is 317 g/mol. The van der Waals surface area contributed by atoms with Gasteiger partial charge in [-0.2, -0.15) is 10.2 Å². The fourth-order valence-corrected chi connectivity index (χ4v) is 3.19. The summed E-state index contributed by atoms with van der Waals surface area (Å²) in [5, 5.41) is 10.6. The zero-order valence-corrected chi connectivity index (χ0v) is 12.9. The molecule has 0 bridgehead atoms. The Kier molecular flexibility index (Phi) is 3.45. The Bertz CT molecular complexity index is 897. The lowest BCUT2D eigenvalue weighted by atomic mass is 10.2. The summed E-state index contributed by atoms with van der Waals surface area (Å²) in [4.78, 5) is 0.0793. The zero-order chi connectivity index (χ0) is 15.7. The van der Waals surface area contributed by atoms with Crippen molar-refractivity contribution in [2.24, 2.45) is 0 Å². The Labute approximate surface area is 128 Å². The van der Waals surface area contributed by atoms with Gasteiger partial charge in [0.25, 0.3) is 10.0 Å². The number of aromatic amines is 1. The van der Waals surface area contributed by atoms with Crippen molar-refractivity contribution in [1.29, 1.82) is 0 Å². The second kappa shape index (κ2) is 5.30. The highest BCUT2D eigenvalue weighted by molar-refractivity contribution is 7.92. The van der Waals surface area contributed by atoms with Gasteiger partial charge in [-0.25, -0.2) is 13.1 Å². The van der Waals surface area contributed by atoms with Crippen LogP contribution in [-0.2, 0) is 10.0 Å². The molecule has 114 valence electrons. The minimum atomic E-state index is -3.69. The third-order valence-corrected chi connectivity index (χ3v) is 4.50. The van der Waals surface area contributed by atoms with Crippen LogP contribution in [0.3, 0.4) is 0 Å². The van der Waals surface area contributed by atoms with Gasteiger partial charge in [0.2, 0.25) is 0 Å². The number of nitrogens with zero attached hydrogens (tertiary/aromatic N) is 3. The summed E-state index contributed by atoms with van der Waals surface area (Å²) < 4.78 is 29.0. The number of anilines is 1. The predicted molar refractivity (Wildman–Crippen MR) is 82.4 cm³/mol. The van der Waals surface area contributed by atoms with E-state index in [2.05, 4.69) is 20.0 Å². The first-order valence-corrected chi connectivity index (χ1v) is 8.10. The van der Waals surface area contributed by atoms with E-state index in [1.54, 1.807) is 16.8 Å². The molecule has 2 aromatic heterocycles. The van der Waals surface area contributed by atoms with Gasteiger partial charge in [0.1, 0.15) is 4.90 Å². The third-order valence-electron chi connectivity index (χ3n) is 3.17. The maximum Gasteiger partial charge on any atom is 0.265 e. The number of aromatic nitrogens is 4. The van der Waals surface area contributed by atoms with Crippen LogP contribution in [0, 0.1) is 13.8 Å². The summed E-state index contributed by atoms with van der Waals surface area (Å²) in [5.74, 6) is 0. The molecular weight excluding hydrogens is 302 g/mol. The molecule has 0 aliphatic rings. The van der Waals surface area contributed by atoms with E-state index >= 15 is 0 Å². The van der Waals surface area contributed by atoms with Crippen molar-refractivity contribution < 1.29 is 8.42 Å². The largest absolute Gasteiger partial charge is 0.284 e. The molecule has 0 unspecified atom stereocenters. The number of nitrogens with one attached hydrogen (secondary N) is 2. The number of H-pyrrole nitrogens is 1. The van der Waals surface area contributed by atoms with Gasteiger partial charge in [0.05, 0.1) is 23.3 Å². The van der Waals surface area contributed by atoms with Crippen LogP contribution in [0.1, 0.15) is 11.4 Å². The fourth-order valence-electron chi connectivity index (χ4n) is 2.21. The van der Waals surface area contributed by atoms with E-state index in [1.807, 2.05) is 32.0 Å². The summed E-state index contributed by atoms with van der Waals surface area (Å²) >= 11 is 0. The minimum absolute atomic E-state index is 0.0793. The Hall–Kier alpha value is -2.61. The van der Waals surface area contributed by atoms with Gasteiger partial charge in [-0.15, -0.1) is 0 Å². The van der Waals surface area contributed by atoms with Gasteiger partial charge in [-0.05, 0) is 32.0 Å². The van der Waals surface area contributed by atoms with E-state index in [4.69, 9.17) is 0 Å². The summed E-state index contributed by atoms with van der Waals surface area (Å²) in [5.41, 5.74) is 2.91. The first-order chi connectivity index (χ1) is 10.5. The smallest absolute Gasteiger partial charge is 0.265 e. The molecule has 0 saturated heterocycles. The topological polar surface area (TPSA) is 92.7 Å². The first kappa shape index (κ1) is 14.3. The first-order valence-electron chi connectivity index (χ1n) is 6.61. The Morgan fingerprint density at radius 2 is 2.00 bits per heavy atom. The van der Waals surface area contributed by atoms with Crippen LogP contribution in [0.5, 0.6) is 0 Å². The quantitative estimate of drug-likeness (QED) is 0.770. The van der Waals surface area contributed by atoms with E-state index < -0.39 is 10.0 Å². The number of para-hydroxylation sites is 2. The van der Waals surface area contributed by atoms with Crippen LogP contribution < -0.4 is 4.72 Å². The monoisotopic (exact) mass is 317 g/mol. The fraction of sp³-hybridized carbons (Fsp3) is 0.143. The minimum Gasteiger partial charge on any atom is -0.284 e. The van der Waals surface area contributed by atoms with Crippen molar-refractivity contribution in [2.75, 3.05) is 4.72 Å². The highest BCUT2D eigenvalue weighted by atomic mass is 32.2. The van der Waals surface area contributed by atoms with Gasteiger partial charge in [-0.1, -0.05) is 12.1 Å². The van der Waals surface area contributed by atoms with Crippen LogP contribution in [0.25, 0.3) is 5.69 Å². The molecule has 1 aromatic carbocycles.